The largest absolute Gasteiger partial charge is 0.872 e. The Morgan fingerprint density at radius 3 is 1.54 bits per heavy atom. The maximum Gasteiger partial charge on any atom is 0.335 e. The molecule has 0 spiro atoms. The quantitative estimate of drug-likeness (QED) is 0.357. The first kappa shape index (κ1) is 26.9. The van der Waals surface area contributed by atoms with Crippen LogP contribution in [0.25, 0.3) is 0 Å². The number of benzene rings is 1. The van der Waals surface area contributed by atoms with E-state index in [1.54, 1.807) is 37.6 Å². The first-order chi connectivity index (χ1) is 13.4. The van der Waals surface area contributed by atoms with Crippen molar-refractivity contribution in [3.05, 3.63) is 29.3 Å². The van der Waals surface area contributed by atoms with Crippen molar-refractivity contribution in [1.82, 2.24) is 0 Å². The van der Waals surface area contributed by atoms with Gasteiger partial charge in [0.2, 0.25) is 0 Å². The maximum atomic E-state index is 10.9. The summed E-state index contributed by atoms with van der Waals surface area (Å²) in [6.45, 7) is 11.2. The van der Waals surface area contributed by atoms with E-state index in [0.29, 0.717) is 0 Å². The smallest absolute Gasteiger partial charge is 0.335 e. The first-order valence-electron chi connectivity index (χ1n) is 11.2. The van der Waals surface area contributed by atoms with E-state index in [1.807, 2.05) is 0 Å². The van der Waals surface area contributed by atoms with Crippen LogP contribution in [0, 0.1) is 6.92 Å². The first-order valence-corrected chi connectivity index (χ1v) is 13.7. The molecule has 0 bridgehead atoms. The minimum absolute atomic E-state index is 0.171. The minimum Gasteiger partial charge on any atom is -0.872 e. The SMILES string of the molecule is CCCC[P+](CCCC)(CCCC)CCCC.Cc1ccc(C(=O)O)c([O-])c1. The van der Waals surface area contributed by atoms with Crippen LogP contribution >= 0.6 is 7.26 Å². The molecule has 0 radical (unpaired) electrons. The van der Waals surface area contributed by atoms with Crippen LogP contribution in [-0.2, 0) is 0 Å². The fraction of sp³-hybridized carbons (Fsp3) is 0.708. The van der Waals surface area contributed by atoms with Gasteiger partial charge in [-0.05, 0) is 38.7 Å². The summed E-state index contributed by atoms with van der Waals surface area (Å²) in [5.41, 5.74) is 0.607. The van der Waals surface area contributed by atoms with Gasteiger partial charge in [0.1, 0.15) is 0 Å². The monoisotopic (exact) mass is 410 g/mol. The molecule has 0 amide bonds. The molecule has 1 N–H and O–H groups in total. The van der Waals surface area contributed by atoms with Crippen LogP contribution in [0.1, 0.15) is 95.0 Å². The van der Waals surface area contributed by atoms with Gasteiger partial charge in [-0.3, -0.25) is 0 Å². The molecule has 0 aromatic heterocycles. The number of carboxylic acids is 1. The van der Waals surface area contributed by atoms with E-state index in [0.717, 1.165) is 5.56 Å². The molecular formula is C24H43O3P. The summed E-state index contributed by atoms with van der Waals surface area (Å²) in [7, 11) is -0.562. The highest BCUT2D eigenvalue weighted by Gasteiger charge is 2.34. The lowest BCUT2D eigenvalue weighted by atomic mass is 10.1. The molecule has 0 aliphatic heterocycles. The summed E-state index contributed by atoms with van der Waals surface area (Å²) < 4.78 is 0. The molecule has 0 atom stereocenters. The van der Waals surface area contributed by atoms with Crippen molar-refractivity contribution in [3.63, 3.8) is 0 Å². The number of rotatable bonds is 13. The van der Waals surface area contributed by atoms with Crippen molar-refractivity contribution >= 4 is 13.2 Å². The molecule has 0 unspecified atom stereocenters. The van der Waals surface area contributed by atoms with E-state index >= 15 is 0 Å². The molecule has 4 heteroatoms. The van der Waals surface area contributed by atoms with E-state index < -0.39 is 19.0 Å². The standard InChI is InChI=1S/C16H36P.C8H8O3/c1-5-9-13-17(14-10-6-2,15-11-7-3)16-12-8-4;1-5-2-3-6(8(10)11)7(9)4-5/h5-16H2,1-4H3;2-4,9H,1H3,(H,10,11)/q+1;/p-1. The van der Waals surface area contributed by atoms with Gasteiger partial charge in [0.15, 0.2) is 0 Å². The number of hydrogen-bond acceptors (Lipinski definition) is 2. The van der Waals surface area contributed by atoms with Crippen LogP contribution < -0.4 is 5.11 Å². The molecule has 0 saturated heterocycles. The third kappa shape index (κ3) is 11.1. The molecule has 1 aromatic carbocycles. The highest BCUT2D eigenvalue weighted by molar-refractivity contribution is 7.75. The summed E-state index contributed by atoms with van der Waals surface area (Å²) >= 11 is 0. The Morgan fingerprint density at radius 1 is 0.857 bits per heavy atom. The molecule has 0 aliphatic rings. The Labute approximate surface area is 174 Å². The third-order valence-corrected chi connectivity index (χ3v) is 10.4. The highest BCUT2D eigenvalue weighted by atomic mass is 31.2. The van der Waals surface area contributed by atoms with Crippen LogP contribution in [-0.4, -0.2) is 35.7 Å². The van der Waals surface area contributed by atoms with Crippen molar-refractivity contribution < 1.29 is 15.0 Å². The predicted molar refractivity (Wildman–Crippen MR) is 124 cm³/mol. The van der Waals surface area contributed by atoms with Gasteiger partial charge >= 0.3 is 5.97 Å². The van der Waals surface area contributed by atoms with E-state index in [4.69, 9.17) is 5.11 Å². The van der Waals surface area contributed by atoms with Crippen molar-refractivity contribution in [2.24, 2.45) is 0 Å². The van der Waals surface area contributed by atoms with Crippen molar-refractivity contribution in [2.45, 2.75) is 86.0 Å². The van der Waals surface area contributed by atoms with Crippen LogP contribution in [0.15, 0.2) is 18.2 Å². The van der Waals surface area contributed by atoms with Gasteiger partial charge in [0.25, 0.3) is 0 Å². The van der Waals surface area contributed by atoms with Crippen molar-refractivity contribution in [2.75, 3.05) is 24.6 Å². The van der Waals surface area contributed by atoms with Gasteiger partial charge in [-0.1, -0.05) is 76.8 Å². The Kier molecular flexibility index (Phi) is 15.2. The van der Waals surface area contributed by atoms with Crippen LogP contribution in [0.3, 0.4) is 0 Å². The van der Waals surface area contributed by atoms with Crippen LogP contribution in [0.4, 0.5) is 0 Å². The normalized spacial score (nSPS) is 11.0. The molecule has 1 aromatic rings. The Balaban J connectivity index is 0.000000567. The van der Waals surface area contributed by atoms with Crippen molar-refractivity contribution in [1.29, 1.82) is 0 Å². The van der Waals surface area contributed by atoms with Crippen LogP contribution in [0.5, 0.6) is 5.75 Å². The van der Waals surface area contributed by atoms with E-state index in [2.05, 4.69) is 27.7 Å². The molecule has 0 aliphatic carbocycles. The molecule has 162 valence electrons. The zero-order valence-electron chi connectivity index (χ0n) is 18.9. The van der Waals surface area contributed by atoms with E-state index in [9.17, 15) is 9.90 Å². The summed E-state index contributed by atoms with van der Waals surface area (Å²) in [6.07, 6.45) is 17.9. The number of aryl methyl sites for hydroxylation is 1. The second kappa shape index (κ2) is 15.8. The third-order valence-electron chi connectivity index (χ3n) is 5.31. The number of unbranched alkanes of at least 4 members (excludes halogenated alkanes) is 4. The predicted octanol–water partition coefficient (Wildman–Crippen LogP) is 6.97. The lowest BCUT2D eigenvalue weighted by Crippen LogP contribution is -2.12. The summed E-state index contributed by atoms with van der Waals surface area (Å²) in [4.78, 5) is 10.3. The number of carboxylic acid groups (broad SMARTS) is 1. The second-order valence-electron chi connectivity index (χ2n) is 7.96. The molecule has 1 rings (SSSR count). The fourth-order valence-electron chi connectivity index (χ4n) is 3.45. The molecule has 28 heavy (non-hydrogen) atoms. The summed E-state index contributed by atoms with van der Waals surface area (Å²) in [6, 6.07) is 4.23. The average molecular weight is 411 g/mol. The fourth-order valence-corrected chi connectivity index (χ4v) is 8.74. The lowest BCUT2D eigenvalue weighted by Gasteiger charge is -2.28. The summed E-state index contributed by atoms with van der Waals surface area (Å²) in [5.74, 6) is -1.60. The highest BCUT2D eigenvalue weighted by Crippen LogP contribution is 2.61. The molecule has 3 nitrogen and oxygen atoms in total. The average Bonchev–Trinajstić information content (AvgIpc) is 2.67. The minimum atomic E-state index is -1.17. The maximum absolute atomic E-state index is 10.9. The van der Waals surface area contributed by atoms with Gasteiger partial charge in [0, 0.05) is 7.26 Å². The van der Waals surface area contributed by atoms with Gasteiger partial charge in [-0.2, -0.15) is 0 Å². The number of carbonyl (C=O) groups is 1. The number of aromatic carboxylic acids is 1. The number of hydrogen-bond donors (Lipinski definition) is 1. The van der Waals surface area contributed by atoms with Gasteiger partial charge < -0.3 is 10.2 Å². The van der Waals surface area contributed by atoms with E-state index in [1.165, 1.54) is 63.5 Å². The molecule has 0 heterocycles. The Bertz CT molecular complexity index is 505. The summed E-state index contributed by atoms with van der Waals surface area (Å²) in [5, 5.41) is 19.4. The van der Waals surface area contributed by atoms with Gasteiger partial charge in [0.05, 0.1) is 30.2 Å². The molecule has 0 saturated carbocycles. The lowest BCUT2D eigenvalue weighted by molar-refractivity contribution is -0.268. The molecule has 0 fully saturated rings. The van der Waals surface area contributed by atoms with Crippen LogP contribution in [0.2, 0.25) is 0 Å². The zero-order chi connectivity index (χ0) is 21.4. The Morgan fingerprint density at radius 2 is 1.25 bits per heavy atom. The molecular weight excluding hydrogens is 367 g/mol. The Hall–Kier alpha value is -1.08. The topological polar surface area (TPSA) is 60.4 Å². The van der Waals surface area contributed by atoms with Gasteiger partial charge in [-0.15, -0.1) is 0 Å². The zero-order valence-corrected chi connectivity index (χ0v) is 19.8. The second-order valence-corrected chi connectivity index (χ2v) is 12.4. The van der Waals surface area contributed by atoms with Crippen molar-refractivity contribution in [3.8, 4) is 5.75 Å². The van der Waals surface area contributed by atoms with E-state index in [-0.39, 0.29) is 5.56 Å². The van der Waals surface area contributed by atoms with Gasteiger partial charge in [-0.25, -0.2) is 4.79 Å².